The molecule has 0 rings (SSSR count). The van der Waals surface area contributed by atoms with E-state index in [2.05, 4.69) is 5.73 Å². The topological polar surface area (TPSA) is 127 Å². The molecule has 0 bridgehead atoms. The van der Waals surface area contributed by atoms with Crippen LogP contribution in [0.4, 0.5) is 4.79 Å². The number of nitrogens with one attached hydrogen (secondary N) is 4. The van der Waals surface area contributed by atoms with Crippen LogP contribution in [-0.2, 0) is 0 Å². The van der Waals surface area contributed by atoms with E-state index in [0.717, 1.165) is 0 Å². The molecular formula is C3H6N6O. The zero-order valence-electron chi connectivity index (χ0n) is 4.93. The highest BCUT2D eigenvalue weighted by molar-refractivity contribution is 5.81. The number of nitrogens with zero attached hydrogens (tertiary/aromatic N) is 1. The van der Waals surface area contributed by atoms with Crippen molar-refractivity contribution in [1.29, 1.82) is 10.7 Å². The van der Waals surface area contributed by atoms with Crippen LogP contribution in [0, 0.1) is 16.9 Å². The second kappa shape index (κ2) is 3.96. The summed E-state index contributed by atoms with van der Waals surface area (Å²) in [6.07, 6.45) is 1.46. The minimum absolute atomic E-state index is 0.346. The lowest BCUT2D eigenvalue weighted by atomic mass is 10.9. The fourth-order valence-corrected chi connectivity index (χ4v) is 0.211. The van der Waals surface area contributed by atoms with E-state index in [1.165, 1.54) is 6.19 Å². The average molecular weight is 142 g/mol. The summed E-state index contributed by atoms with van der Waals surface area (Å²) in [5.74, 6) is -0.346. The van der Waals surface area contributed by atoms with Gasteiger partial charge in [0, 0.05) is 0 Å². The molecule has 0 fully saturated rings. The Kier molecular flexibility index (Phi) is 3.18. The van der Waals surface area contributed by atoms with Crippen LogP contribution >= 0.6 is 0 Å². The van der Waals surface area contributed by atoms with E-state index in [9.17, 15) is 4.79 Å². The Balaban J connectivity index is 3.42. The van der Waals surface area contributed by atoms with E-state index in [0.29, 0.717) is 0 Å². The van der Waals surface area contributed by atoms with Crippen LogP contribution in [-0.4, -0.2) is 12.0 Å². The van der Waals surface area contributed by atoms with Gasteiger partial charge in [0.2, 0.25) is 5.96 Å². The van der Waals surface area contributed by atoms with E-state index in [1.807, 2.05) is 16.2 Å². The fourth-order valence-electron chi connectivity index (χ4n) is 0.211. The summed E-state index contributed by atoms with van der Waals surface area (Å²) in [4.78, 5) is 9.95. The minimum Gasteiger partial charge on any atom is -0.350 e. The lowest BCUT2D eigenvalue weighted by molar-refractivity contribution is 0.247. The first-order chi connectivity index (χ1) is 4.66. The first-order valence-electron chi connectivity index (χ1n) is 2.22. The molecule has 0 heterocycles. The second-order valence-corrected chi connectivity index (χ2v) is 1.23. The summed E-state index contributed by atoms with van der Waals surface area (Å²) in [7, 11) is 0. The highest BCUT2D eigenvalue weighted by Gasteiger charge is 1.92. The third-order valence-corrected chi connectivity index (χ3v) is 0.492. The molecule has 0 unspecified atom stereocenters. The lowest BCUT2D eigenvalue weighted by Crippen LogP contribution is -2.48. The van der Waals surface area contributed by atoms with Crippen LogP contribution in [0.1, 0.15) is 0 Å². The highest BCUT2D eigenvalue weighted by Crippen LogP contribution is 1.52. The van der Waals surface area contributed by atoms with Crippen LogP contribution in [0.3, 0.4) is 0 Å². The van der Waals surface area contributed by atoms with Gasteiger partial charge < -0.3 is 5.73 Å². The maximum Gasteiger partial charge on any atom is 0.330 e. The monoisotopic (exact) mass is 142 g/mol. The Labute approximate surface area is 56.7 Å². The van der Waals surface area contributed by atoms with Crippen molar-refractivity contribution in [3.05, 3.63) is 0 Å². The zero-order valence-corrected chi connectivity index (χ0v) is 4.93. The Hall–Kier alpha value is -1.97. The van der Waals surface area contributed by atoms with Gasteiger partial charge in [0.25, 0.3) is 0 Å². The predicted molar refractivity (Wildman–Crippen MR) is 32.3 cm³/mol. The predicted octanol–water partition coefficient (Wildman–Crippen LogP) is -1.84. The molecule has 0 saturated carbocycles. The van der Waals surface area contributed by atoms with E-state index < -0.39 is 6.03 Å². The van der Waals surface area contributed by atoms with Gasteiger partial charge in [0.05, 0.1) is 0 Å². The third-order valence-electron chi connectivity index (χ3n) is 0.492. The van der Waals surface area contributed by atoms with Crippen molar-refractivity contribution in [1.82, 2.24) is 16.2 Å². The standard InChI is InChI=1S/C3H6N6O/c4-1-7-2(5)8-9-3(6)10/h(H3,5,7,8)(H3,6,9,10). The Morgan fingerprint density at radius 1 is 1.60 bits per heavy atom. The molecule has 2 amide bonds. The van der Waals surface area contributed by atoms with Gasteiger partial charge in [-0.25, -0.2) is 10.2 Å². The number of hydrazine groups is 1. The summed E-state index contributed by atoms with van der Waals surface area (Å²) in [5, 5.41) is 16.6. The molecule has 0 aliphatic heterocycles. The van der Waals surface area contributed by atoms with Gasteiger partial charge in [0.15, 0.2) is 6.19 Å². The molecule has 0 aromatic heterocycles. The molecule has 0 aliphatic carbocycles. The first-order valence-corrected chi connectivity index (χ1v) is 2.22. The summed E-state index contributed by atoms with van der Waals surface area (Å²) in [6, 6.07) is -0.829. The van der Waals surface area contributed by atoms with E-state index in [4.69, 9.17) is 10.7 Å². The molecule has 7 heteroatoms. The summed E-state index contributed by atoms with van der Waals surface area (Å²) in [6.45, 7) is 0. The molecule has 0 saturated heterocycles. The largest absolute Gasteiger partial charge is 0.350 e. The van der Waals surface area contributed by atoms with Gasteiger partial charge in [0.1, 0.15) is 0 Å². The maximum atomic E-state index is 9.95. The Morgan fingerprint density at radius 2 is 2.20 bits per heavy atom. The molecule has 0 spiro atoms. The molecule has 0 aromatic carbocycles. The second-order valence-electron chi connectivity index (χ2n) is 1.23. The molecule has 54 valence electrons. The number of primary amides is 1. The quantitative estimate of drug-likeness (QED) is 0.0895. The number of nitriles is 1. The fraction of sp³-hybridized carbons (Fsp3) is 0. The number of hydrogen-bond acceptors (Lipinski definition) is 3. The van der Waals surface area contributed by atoms with Crippen molar-refractivity contribution < 1.29 is 4.79 Å². The van der Waals surface area contributed by atoms with Crippen molar-refractivity contribution >= 4 is 12.0 Å². The summed E-state index contributed by atoms with van der Waals surface area (Å²) in [5.41, 5.74) is 8.51. The van der Waals surface area contributed by atoms with Crippen LogP contribution in [0.5, 0.6) is 0 Å². The van der Waals surface area contributed by atoms with E-state index >= 15 is 0 Å². The van der Waals surface area contributed by atoms with Crippen LogP contribution in [0.2, 0.25) is 0 Å². The number of rotatable bonds is 0. The van der Waals surface area contributed by atoms with Crippen LogP contribution in [0.15, 0.2) is 0 Å². The summed E-state index contributed by atoms with van der Waals surface area (Å²) < 4.78 is 0. The molecular weight excluding hydrogens is 136 g/mol. The lowest BCUT2D eigenvalue weighted by Gasteiger charge is -2.02. The molecule has 0 radical (unpaired) electrons. The Morgan fingerprint density at radius 3 is 2.60 bits per heavy atom. The third kappa shape index (κ3) is 4.20. The number of carbonyl (C=O) groups excluding carboxylic acids is 1. The van der Waals surface area contributed by atoms with Crippen molar-refractivity contribution in [2.45, 2.75) is 0 Å². The number of hydrogen-bond donors (Lipinski definition) is 5. The number of amides is 2. The number of carbonyl (C=O) groups is 1. The minimum atomic E-state index is -0.829. The maximum absolute atomic E-state index is 9.95. The van der Waals surface area contributed by atoms with Gasteiger partial charge in [-0.3, -0.25) is 16.2 Å². The van der Waals surface area contributed by atoms with Crippen molar-refractivity contribution in [3.63, 3.8) is 0 Å². The van der Waals surface area contributed by atoms with Crippen LogP contribution < -0.4 is 21.9 Å². The summed E-state index contributed by atoms with van der Waals surface area (Å²) >= 11 is 0. The van der Waals surface area contributed by atoms with Crippen molar-refractivity contribution in [2.75, 3.05) is 0 Å². The average Bonchev–Trinajstić information content (AvgIpc) is 1.85. The van der Waals surface area contributed by atoms with Crippen LogP contribution in [0.25, 0.3) is 0 Å². The number of nitrogens with two attached hydrogens (primary N) is 1. The van der Waals surface area contributed by atoms with Gasteiger partial charge >= 0.3 is 6.03 Å². The van der Waals surface area contributed by atoms with Crippen molar-refractivity contribution in [3.8, 4) is 6.19 Å². The molecule has 0 aromatic rings. The van der Waals surface area contributed by atoms with Gasteiger partial charge in [-0.05, 0) is 0 Å². The zero-order chi connectivity index (χ0) is 7.98. The van der Waals surface area contributed by atoms with Gasteiger partial charge in [-0.1, -0.05) is 0 Å². The SMILES string of the molecule is N#CNC(=N)NNC(N)=O. The first kappa shape index (κ1) is 8.03. The van der Waals surface area contributed by atoms with E-state index in [1.54, 1.807) is 0 Å². The molecule has 0 aliphatic rings. The van der Waals surface area contributed by atoms with Crippen molar-refractivity contribution in [2.24, 2.45) is 5.73 Å². The van der Waals surface area contributed by atoms with Gasteiger partial charge in [-0.15, -0.1) is 0 Å². The highest BCUT2D eigenvalue weighted by atomic mass is 16.2. The molecule has 10 heavy (non-hydrogen) atoms. The smallest absolute Gasteiger partial charge is 0.330 e. The molecule has 7 nitrogen and oxygen atoms in total. The van der Waals surface area contributed by atoms with E-state index in [-0.39, 0.29) is 5.96 Å². The molecule has 6 N–H and O–H groups in total. The number of guanidine groups is 1. The normalized spacial score (nSPS) is 7.10. The number of urea groups is 1. The Bertz CT molecular complexity index is 180. The molecule has 0 atom stereocenters. The van der Waals surface area contributed by atoms with Gasteiger partial charge in [-0.2, -0.15) is 5.26 Å².